The molecule has 0 aliphatic heterocycles. The fraction of sp³-hybridized carbons (Fsp3) is 0.273. The monoisotopic (exact) mass is 499 g/mol. The summed E-state index contributed by atoms with van der Waals surface area (Å²) in [6, 6.07) is 12.7. The molecule has 2 aromatic carbocycles. The third-order valence-corrected chi connectivity index (χ3v) is 7.73. The van der Waals surface area contributed by atoms with Crippen LogP contribution in [-0.2, 0) is 10.0 Å². The number of aromatic nitrogens is 1. The maximum absolute atomic E-state index is 12.9. The Labute approximate surface area is 201 Å². The van der Waals surface area contributed by atoms with Crippen LogP contribution in [0.3, 0.4) is 0 Å². The van der Waals surface area contributed by atoms with Gasteiger partial charge >= 0.3 is 0 Å². The smallest absolute Gasteiger partial charge is 0.257 e. The van der Waals surface area contributed by atoms with E-state index in [-0.39, 0.29) is 36.4 Å². The third-order valence-electron chi connectivity index (χ3n) is 4.83. The molecule has 0 spiro atoms. The van der Waals surface area contributed by atoms with Gasteiger partial charge in [-0.25, -0.2) is 13.4 Å². The number of nitrogens with one attached hydrogen (secondary N) is 1. The molecule has 3 aromatic rings. The number of carbonyl (C=O) groups is 1. The maximum Gasteiger partial charge on any atom is 0.257 e. The second-order valence-electron chi connectivity index (χ2n) is 6.87. The van der Waals surface area contributed by atoms with Crippen LogP contribution in [0.4, 0.5) is 5.13 Å². The van der Waals surface area contributed by atoms with Crippen LogP contribution in [0, 0.1) is 22.7 Å². The number of hydrogen-bond donors (Lipinski definition) is 1. The molecule has 0 aliphatic rings. The van der Waals surface area contributed by atoms with Crippen LogP contribution >= 0.6 is 11.3 Å². The Morgan fingerprint density at radius 3 is 2.18 bits per heavy atom. The fourth-order valence-corrected chi connectivity index (χ4v) is 5.55. The highest BCUT2D eigenvalue weighted by Gasteiger charge is 2.24. The van der Waals surface area contributed by atoms with Crippen LogP contribution in [0.15, 0.2) is 41.3 Å². The van der Waals surface area contributed by atoms with Crippen LogP contribution < -0.4 is 14.8 Å². The topological polar surface area (TPSA) is 145 Å². The van der Waals surface area contributed by atoms with Crippen molar-refractivity contribution in [3.8, 4) is 23.6 Å². The SMILES string of the molecule is COc1ccc(OC)c2sc(NC(=O)c3ccc(S(=O)(=O)N(CCC#N)CCC#N)cc3)nc12. The lowest BCUT2D eigenvalue weighted by Crippen LogP contribution is -2.32. The van der Waals surface area contributed by atoms with Crippen molar-refractivity contribution in [2.75, 3.05) is 32.6 Å². The predicted octanol–water partition coefficient (Wildman–Crippen LogP) is 3.38. The molecule has 1 heterocycles. The zero-order chi connectivity index (χ0) is 24.7. The Morgan fingerprint density at radius 1 is 1.03 bits per heavy atom. The number of nitriles is 2. The van der Waals surface area contributed by atoms with Gasteiger partial charge in [0.1, 0.15) is 21.7 Å². The van der Waals surface area contributed by atoms with Crippen molar-refractivity contribution in [1.29, 1.82) is 10.5 Å². The van der Waals surface area contributed by atoms with Crippen molar-refractivity contribution >= 4 is 42.6 Å². The number of benzene rings is 2. The average Bonchev–Trinajstić information content (AvgIpc) is 3.27. The van der Waals surface area contributed by atoms with E-state index in [2.05, 4.69) is 10.3 Å². The Morgan fingerprint density at radius 2 is 1.62 bits per heavy atom. The first kappa shape index (κ1) is 24.9. The Kier molecular flexibility index (Phi) is 8.02. The zero-order valence-corrected chi connectivity index (χ0v) is 20.1. The first-order valence-electron chi connectivity index (χ1n) is 10.0. The van der Waals surface area contributed by atoms with Gasteiger partial charge in [0, 0.05) is 31.5 Å². The molecule has 1 aromatic heterocycles. The first-order chi connectivity index (χ1) is 16.3. The minimum absolute atomic E-state index is 0.00286. The second kappa shape index (κ2) is 10.9. The van der Waals surface area contributed by atoms with Crippen molar-refractivity contribution in [3.63, 3.8) is 0 Å². The highest BCUT2D eigenvalue weighted by atomic mass is 32.2. The number of thiazole rings is 1. The summed E-state index contributed by atoms with van der Waals surface area (Å²) in [6.07, 6.45) is 0.00573. The van der Waals surface area contributed by atoms with Gasteiger partial charge in [0.25, 0.3) is 5.91 Å². The van der Waals surface area contributed by atoms with Crippen molar-refractivity contribution in [2.24, 2.45) is 0 Å². The summed E-state index contributed by atoms with van der Waals surface area (Å²) in [7, 11) is -0.856. The number of amides is 1. The molecule has 0 unspecified atom stereocenters. The summed E-state index contributed by atoms with van der Waals surface area (Å²) in [4.78, 5) is 17.1. The number of rotatable bonds is 10. The number of sulfonamides is 1. The molecule has 10 nitrogen and oxygen atoms in total. The fourth-order valence-electron chi connectivity index (χ4n) is 3.14. The standard InChI is InChI=1S/C22H21N5O5S2/c1-31-17-9-10-18(32-2)20-19(17)25-22(33-20)26-21(28)15-5-7-16(8-6-15)34(29,30)27(13-3-11-23)14-4-12-24/h5-10H,3-4,13-14H2,1-2H3,(H,25,26,28). The number of fused-ring (bicyclic) bond motifs is 1. The maximum atomic E-state index is 12.9. The van der Waals surface area contributed by atoms with Crippen molar-refractivity contribution in [1.82, 2.24) is 9.29 Å². The summed E-state index contributed by atoms with van der Waals surface area (Å²) < 4.78 is 38.3. The van der Waals surface area contributed by atoms with Crippen molar-refractivity contribution < 1.29 is 22.7 Å². The van der Waals surface area contributed by atoms with Gasteiger partial charge in [-0.15, -0.1) is 0 Å². The number of hydrogen-bond acceptors (Lipinski definition) is 9. The molecule has 0 saturated heterocycles. The highest BCUT2D eigenvalue weighted by molar-refractivity contribution is 7.89. The minimum atomic E-state index is -3.92. The molecule has 3 rings (SSSR count). The second-order valence-corrected chi connectivity index (χ2v) is 9.80. The number of carbonyl (C=O) groups excluding carboxylic acids is 1. The third kappa shape index (κ3) is 5.26. The van der Waals surface area contributed by atoms with Crippen molar-refractivity contribution in [3.05, 3.63) is 42.0 Å². The quantitative estimate of drug-likeness (QED) is 0.447. The van der Waals surface area contributed by atoms with E-state index in [4.69, 9.17) is 20.0 Å². The molecule has 12 heteroatoms. The largest absolute Gasteiger partial charge is 0.495 e. The molecule has 1 N–H and O–H groups in total. The first-order valence-corrected chi connectivity index (χ1v) is 12.3. The number of nitrogens with zero attached hydrogens (tertiary/aromatic N) is 4. The Balaban J connectivity index is 1.81. The number of methoxy groups -OCH3 is 2. The van der Waals surface area contributed by atoms with E-state index in [0.29, 0.717) is 26.8 Å². The molecule has 34 heavy (non-hydrogen) atoms. The van der Waals surface area contributed by atoms with Gasteiger partial charge in [0.15, 0.2) is 5.13 Å². The average molecular weight is 500 g/mol. The summed E-state index contributed by atoms with van der Waals surface area (Å²) in [6.45, 7) is -0.0411. The van der Waals surface area contributed by atoms with Crippen LogP contribution in [-0.4, -0.2) is 50.9 Å². The van der Waals surface area contributed by atoms with Gasteiger partial charge in [-0.2, -0.15) is 14.8 Å². The van der Waals surface area contributed by atoms with Crippen LogP contribution in [0.1, 0.15) is 23.2 Å². The van der Waals surface area contributed by atoms with Gasteiger partial charge in [-0.1, -0.05) is 11.3 Å². The summed E-state index contributed by atoms with van der Waals surface area (Å²) in [5, 5.41) is 20.6. The van der Waals surface area contributed by atoms with E-state index < -0.39 is 15.9 Å². The van der Waals surface area contributed by atoms with Gasteiger partial charge < -0.3 is 9.47 Å². The number of anilines is 1. The molecular formula is C22H21N5O5S2. The lowest BCUT2D eigenvalue weighted by atomic mass is 10.2. The van der Waals surface area contributed by atoms with Crippen molar-refractivity contribution in [2.45, 2.75) is 17.7 Å². The normalized spacial score (nSPS) is 11.1. The van der Waals surface area contributed by atoms with Crippen LogP contribution in [0.2, 0.25) is 0 Å². The summed E-state index contributed by atoms with van der Waals surface area (Å²) in [5.74, 6) is 0.673. The molecule has 0 saturated carbocycles. The van der Waals surface area contributed by atoms with Gasteiger partial charge in [-0.05, 0) is 36.4 Å². The van der Waals surface area contributed by atoms with E-state index in [1.807, 2.05) is 12.1 Å². The lowest BCUT2D eigenvalue weighted by molar-refractivity contribution is 0.102. The molecular weight excluding hydrogens is 478 g/mol. The number of ether oxygens (including phenoxy) is 2. The molecule has 0 aliphatic carbocycles. The van der Waals surface area contributed by atoms with Gasteiger partial charge in [-0.3, -0.25) is 10.1 Å². The van der Waals surface area contributed by atoms with Crippen LogP contribution in [0.25, 0.3) is 10.2 Å². The van der Waals surface area contributed by atoms with E-state index in [1.165, 1.54) is 49.8 Å². The van der Waals surface area contributed by atoms with Gasteiger partial charge in [0.2, 0.25) is 10.0 Å². The molecule has 0 atom stereocenters. The van der Waals surface area contributed by atoms with Crippen LogP contribution in [0.5, 0.6) is 11.5 Å². The predicted molar refractivity (Wildman–Crippen MR) is 126 cm³/mol. The minimum Gasteiger partial charge on any atom is -0.495 e. The van der Waals surface area contributed by atoms with E-state index in [1.54, 1.807) is 12.1 Å². The molecule has 1 amide bonds. The summed E-state index contributed by atoms with van der Waals surface area (Å²) >= 11 is 1.22. The zero-order valence-electron chi connectivity index (χ0n) is 18.4. The lowest BCUT2D eigenvalue weighted by Gasteiger charge is -2.20. The van der Waals surface area contributed by atoms with E-state index in [0.717, 1.165) is 4.31 Å². The molecule has 0 radical (unpaired) electrons. The molecule has 0 bridgehead atoms. The summed E-state index contributed by atoms with van der Waals surface area (Å²) in [5.41, 5.74) is 0.788. The van der Waals surface area contributed by atoms with Gasteiger partial charge in [0.05, 0.1) is 31.3 Å². The molecule has 0 fully saturated rings. The van der Waals surface area contributed by atoms with E-state index in [9.17, 15) is 13.2 Å². The molecule has 176 valence electrons. The Bertz CT molecular complexity index is 1310. The highest BCUT2D eigenvalue weighted by Crippen LogP contribution is 2.38. The Hall–Kier alpha value is -3.71. The van der Waals surface area contributed by atoms with E-state index >= 15 is 0 Å².